The van der Waals surface area contributed by atoms with Crippen LogP contribution in [-0.4, -0.2) is 44.8 Å². The minimum absolute atomic E-state index is 0.0359. The molecule has 0 radical (unpaired) electrons. The largest absolute Gasteiger partial charge is 0.305 e. The van der Waals surface area contributed by atoms with E-state index in [2.05, 4.69) is 33.5 Å². The lowest BCUT2D eigenvalue weighted by atomic mass is 10.1. The van der Waals surface area contributed by atoms with Crippen LogP contribution < -0.4 is 0 Å². The van der Waals surface area contributed by atoms with E-state index < -0.39 is 0 Å². The van der Waals surface area contributed by atoms with E-state index in [1.54, 1.807) is 0 Å². The molecule has 0 saturated carbocycles. The van der Waals surface area contributed by atoms with Gasteiger partial charge in [-0.25, -0.2) is 4.39 Å². The molecule has 2 unspecified atom stereocenters. The minimum atomic E-state index is -0.343. The van der Waals surface area contributed by atoms with Crippen LogP contribution in [0.1, 0.15) is 62.3 Å². The first-order valence-corrected chi connectivity index (χ1v) is 10.3. The summed E-state index contributed by atoms with van der Waals surface area (Å²) in [6.07, 6.45) is 3.04. The zero-order chi connectivity index (χ0) is 20.0. The van der Waals surface area contributed by atoms with Crippen LogP contribution >= 0.6 is 11.8 Å². The van der Waals surface area contributed by atoms with Gasteiger partial charge in [-0.1, -0.05) is 32.0 Å². The molecule has 0 amide bonds. The monoisotopic (exact) mass is 392 g/mol. The lowest BCUT2D eigenvalue weighted by Crippen LogP contribution is -2.23. The van der Waals surface area contributed by atoms with E-state index in [1.807, 2.05) is 21.0 Å². The van der Waals surface area contributed by atoms with Crippen molar-refractivity contribution in [3.8, 4) is 0 Å². The molecule has 0 aliphatic carbocycles. The Balaban J connectivity index is 2.24. The molecule has 0 saturated heterocycles. The maximum absolute atomic E-state index is 13.1. The number of halogens is 1. The molecule has 0 aliphatic heterocycles. The molecule has 0 N–H and O–H groups in total. The molecule has 1 aromatic carbocycles. The molecule has 2 aromatic rings. The molecule has 7 heteroatoms. The van der Waals surface area contributed by atoms with Gasteiger partial charge < -0.3 is 4.57 Å². The first-order chi connectivity index (χ1) is 12.9. The van der Waals surface area contributed by atoms with Crippen LogP contribution in [-0.2, 0) is 6.54 Å². The number of thioether (sulfide) groups is 1. The average Bonchev–Trinajstić information content (AvgIpc) is 3.02. The van der Waals surface area contributed by atoms with Crippen molar-refractivity contribution in [2.24, 2.45) is 0 Å². The summed E-state index contributed by atoms with van der Waals surface area (Å²) in [4.78, 5) is 14.8. The summed E-state index contributed by atoms with van der Waals surface area (Å²) in [6, 6.07) is 5.87. The number of carbonyl (C=O) groups is 1. The zero-order valence-electron chi connectivity index (χ0n) is 16.8. The highest BCUT2D eigenvalue weighted by Crippen LogP contribution is 2.29. The number of Topliss-reactive ketones (excluding diaryl/α,β-unsaturated/α-hetero) is 1. The third-order valence-electron chi connectivity index (χ3n) is 4.57. The van der Waals surface area contributed by atoms with E-state index in [4.69, 9.17) is 0 Å². The second kappa shape index (κ2) is 9.99. The summed E-state index contributed by atoms with van der Waals surface area (Å²) in [6.45, 7) is 6.98. The number of benzene rings is 1. The normalized spacial score (nSPS) is 13.7. The van der Waals surface area contributed by atoms with E-state index in [-0.39, 0.29) is 22.9 Å². The third kappa shape index (κ3) is 5.39. The van der Waals surface area contributed by atoms with Crippen molar-refractivity contribution in [3.63, 3.8) is 0 Å². The van der Waals surface area contributed by atoms with E-state index in [1.165, 1.54) is 36.0 Å². The molecule has 148 valence electrons. The Kier molecular flexibility index (Phi) is 7.98. The summed E-state index contributed by atoms with van der Waals surface area (Å²) in [7, 11) is 4.08. The summed E-state index contributed by atoms with van der Waals surface area (Å²) in [5, 5.41) is 9.27. The number of nitrogens with zero attached hydrogens (tertiary/aromatic N) is 4. The Morgan fingerprint density at radius 3 is 2.44 bits per heavy atom. The maximum atomic E-state index is 13.1. The van der Waals surface area contributed by atoms with Crippen LogP contribution in [0.25, 0.3) is 0 Å². The van der Waals surface area contributed by atoms with E-state index in [0.717, 1.165) is 36.8 Å². The molecule has 27 heavy (non-hydrogen) atoms. The van der Waals surface area contributed by atoms with Gasteiger partial charge in [0.25, 0.3) is 0 Å². The van der Waals surface area contributed by atoms with E-state index >= 15 is 0 Å². The first kappa shape index (κ1) is 21.6. The lowest BCUT2D eigenvalue weighted by Gasteiger charge is -2.23. The molecule has 2 atom stereocenters. The molecular formula is C20H29FN4OS. The van der Waals surface area contributed by atoms with Crippen LogP contribution in [0.3, 0.4) is 0 Å². The van der Waals surface area contributed by atoms with Gasteiger partial charge in [0.15, 0.2) is 16.8 Å². The fourth-order valence-corrected chi connectivity index (χ4v) is 3.96. The molecule has 1 aromatic heterocycles. The second-order valence-corrected chi connectivity index (χ2v) is 8.17. The van der Waals surface area contributed by atoms with Crippen LogP contribution in [0.5, 0.6) is 0 Å². The Bertz CT molecular complexity index is 745. The van der Waals surface area contributed by atoms with E-state index in [9.17, 15) is 9.18 Å². The number of hydrogen-bond donors (Lipinski definition) is 0. The topological polar surface area (TPSA) is 51.0 Å². The quantitative estimate of drug-likeness (QED) is 0.437. The number of unbranched alkanes of at least 4 members (excludes halogenated alkanes) is 1. The number of ketones is 1. The van der Waals surface area contributed by atoms with Gasteiger partial charge in [0.05, 0.1) is 11.3 Å². The first-order valence-electron chi connectivity index (χ1n) is 9.44. The summed E-state index contributed by atoms with van der Waals surface area (Å²) in [5.74, 6) is 0.566. The predicted octanol–water partition coefficient (Wildman–Crippen LogP) is 4.59. The number of carbonyl (C=O) groups excluding carboxylic acids is 1. The fourth-order valence-electron chi connectivity index (χ4n) is 3.00. The minimum Gasteiger partial charge on any atom is -0.305 e. The van der Waals surface area contributed by atoms with Crippen LogP contribution in [0.4, 0.5) is 4.39 Å². The molecule has 5 nitrogen and oxygen atoms in total. The average molecular weight is 393 g/mol. The van der Waals surface area contributed by atoms with Crippen molar-refractivity contribution in [3.05, 3.63) is 41.5 Å². The fraction of sp³-hybridized carbons (Fsp3) is 0.550. The summed E-state index contributed by atoms with van der Waals surface area (Å²) >= 11 is 1.42. The number of aromatic nitrogens is 3. The van der Waals surface area contributed by atoms with Crippen molar-refractivity contribution >= 4 is 17.5 Å². The molecule has 0 bridgehead atoms. The third-order valence-corrected chi connectivity index (χ3v) is 5.65. The molecule has 1 heterocycles. The van der Waals surface area contributed by atoms with Gasteiger partial charge in [-0.05, 0) is 58.1 Å². The highest BCUT2D eigenvalue weighted by molar-refractivity contribution is 8.00. The molecule has 0 spiro atoms. The highest BCUT2D eigenvalue weighted by atomic mass is 32.2. The highest BCUT2D eigenvalue weighted by Gasteiger charge is 2.25. The van der Waals surface area contributed by atoms with Crippen molar-refractivity contribution in [1.82, 2.24) is 19.7 Å². The summed E-state index contributed by atoms with van der Waals surface area (Å²) in [5.41, 5.74) is 0.510. The SMILES string of the molecule is CCCCn1c(SC(C)C(=O)c2ccc(F)cc2)nnc1C(CC)N(C)C. The second-order valence-electron chi connectivity index (χ2n) is 6.86. The van der Waals surface area contributed by atoms with Gasteiger partial charge in [-0.15, -0.1) is 10.2 Å². The lowest BCUT2D eigenvalue weighted by molar-refractivity contribution is 0.0993. The standard InChI is InChI=1S/C20H29FN4OS/c1-6-8-13-25-19(17(7-2)24(4)5)22-23-20(25)27-14(3)18(26)15-9-11-16(21)12-10-15/h9-12,14,17H,6-8,13H2,1-5H3. The Morgan fingerprint density at radius 1 is 1.22 bits per heavy atom. The van der Waals surface area contributed by atoms with Gasteiger partial charge >= 0.3 is 0 Å². The van der Waals surface area contributed by atoms with Crippen LogP contribution in [0.2, 0.25) is 0 Å². The van der Waals surface area contributed by atoms with Crippen molar-refractivity contribution < 1.29 is 9.18 Å². The molecule has 0 fully saturated rings. The Morgan fingerprint density at radius 2 is 1.89 bits per heavy atom. The number of rotatable bonds is 10. The predicted molar refractivity (Wildman–Crippen MR) is 108 cm³/mol. The van der Waals surface area contributed by atoms with Crippen molar-refractivity contribution in [2.45, 2.75) is 63.0 Å². The molecule has 0 aliphatic rings. The number of hydrogen-bond acceptors (Lipinski definition) is 5. The van der Waals surface area contributed by atoms with Gasteiger partial charge in [0.1, 0.15) is 5.82 Å². The van der Waals surface area contributed by atoms with Crippen molar-refractivity contribution in [1.29, 1.82) is 0 Å². The smallest absolute Gasteiger partial charge is 0.191 e. The Hall–Kier alpha value is -1.73. The van der Waals surface area contributed by atoms with Gasteiger partial charge in [-0.3, -0.25) is 9.69 Å². The summed E-state index contributed by atoms with van der Waals surface area (Å²) < 4.78 is 15.3. The van der Waals surface area contributed by atoms with Gasteiger partial charge in [0.2, 0.25) is 0 Å². The van der Waals surface area contributed by atoms with E-state index in [0.29, 0.717) is 5.56 Å². The van der Waals surface area contributed by atoms with Gasteiger partial charge in [-0.2, -0.15) is 0 Å². The molecular weight excluding hydrogens is 363 g/mol. The molecule has 2 rings (SSSR count). The van der Waals surface area contributed by atoms with Crippen LogP contribution in [0, 0.1) is 5.82 Å². The van der Waals surface area contributed by atoms with Crippen molar-refractivity contribution in [2.75, 3.05) is 14.1 Å². The van der Waals surface area contributed by atoms with Gasteiger partial charge in [0, 0.05) is 12.1 Å². The maximum Gasteiger partial charge on any atom is 0.191 e. The Labute approximate surface area is 165 Å². The van der Waals surface area contributed by atoms with Crippen LogP contribution in [0.15, 0.2) is 29.4 Å². The zero-order valence-corrected chi connectivity index (χ0v) is 17.6.